The molecule has 0 atom stereocenters. The average Bonchev–Trinajstić information content (AvgIpc) is 2.43. The van der Waals surface area contributed by atoms with E-state index in [9.17, 15) is 0 Å². The second-order valence-corrected chi connectivity index (χ2v) is 6.78. The van der Waals surface area contributed by atoms with E-state index in [2.05, 4.69) is 57.0 Å². The summed E-state index contributed by atoms with van der Waals surface area (Å²) >= 11 is 13.5. The molecule has 0 aromatic heterocycles. The summed E-state index contributed by atoms with van der Waals surface area (Å²) in [5, 5.41) is 2.77. The molecule has 0 radical (unpaired) electrons. The highest BCUT2D eigenvalue weighted by Gasteiger charge is 2.29. The topological polar surface area (TPSA) is 0 Å². The Labute approximate surface area is 139 Å². The van der Waals surface area contributed by atoms with Gasteiger partial charge in [0.1, 0.15) is 0 Å². The van der Waals surface area contributed by atoms with E-state index in [1.165, 1.54) is 44.1 Å². The van der Waals surface area contributed by atoms with Gasteiger partial charge in [0.15, 0.2) is 0 Å². The zero-order chi connectivity index (χ0) is 14.1. The number of alkyl halides is 2. The van der Waals surface area contributed by atoms with Crippen molar-refractivity contribution in [3.8, 4) is 0 Å². The summed E-state index contributed by atoms with van der Waals surface area (Å²) < 4.78 is 0. The van der Waals surface area contributed by atoms with Gasteiger partial charge in [-0.1, -0.05) is 94.6 Å². The van der Waals surface area contributed by atoms with E-state index < -0.39 is 0 Å². The monoisotopic (exact) mass is 408 g/mol. The van der Waals surface area contributed by atoms with Crippen molar-refractivity contribution in [2.45, 2.75) is 50.9 Å². The Morgan fingerprint density at radius 3 is 2.32 bits per heavy atom. The van der Waals surface area contributed by atoms with Crippen LogP contribution in [0.3, 0.4) is 0 Å². The van der Waals surface area contributed by atoms with Crippen molar-refractivity contribution in [2.75, 3.05) is 10.7 Å². The van der Waals surface area contributed by atoms with Crippen molar-refractivity contribution in [1.29, 1.82) is 0 Å². The molecule has 0 saturated carbocycles. The minimum Gasteiger partial charge on any atom is -0.0918 e. The van der Waals surface area contributed by atoms with E-state index in [0.29, 0.717) is 0 Å². The van der Waals surface area contributed by atoms with Crippen LogP contribution in [0.15, 0.2) is 24.3 Å². The maximum atomic E-state index is 6.14. The van der Waals surface area contributed by atoms with Crippen LogP contribution in [-0.4, -0.2) is 10.7 Å². The van der Waals surface area contributed by atoms with Crippen LogP contribution >= 0.6 is 43.5 Å². The van der Waals surface area contributed by atoms with Gasteiger partial charge in [-0.3, -0.25) is 0 Å². The predicted molar refractivity (Wildman–Crippen MR) is 94.1 cm³/mol. The molecule has 1 aromatic rings. The van der Waals surface area contributed by atoms with Crippen molar-refractivity contribution in [1.82, 2.24) is 0 Å². The lowest BCUT2D eigenvalue weighted by atomic mass is 9.80. The van der Waals surface area contributed by atoms with Gasteiger partial charge in [0.05, 0.1) is 0 Å². The Bertz CT molecular complexity index is 362. The lowest BCUT2D eigenvalue weighted by Gasteiger charge is -2.31. The Balaban J connectivity index is 2.68. The summed E-state index contributed by atoms with van der Waals surface area (Å²) in [6.07, 6.45) is 7.82. The van der Waals surface area contributed by atoms with Crippen LogP contribution in [-0.2, 0) is 5.41 Å². The molecule has 108 valence electrons. The number of rotatable bonds is 9. The van der Waals surface area contributed by atoms with Gasteiger partial charge < -0.3 is 0 Å². The third-order valence-corrected chi connectivity index (χ3v) is 6.09. The van der Waals surface area contributed by atoms with Crippen LogP contribution in [0.4, 0.5) is 0 Å². The quantitative estimate of drug-likeness (QED) is 0.313. The maximum Gasteiger partial charge on any atom is 0.0408 e. The number of unbranched alkanes of at least 4 members (excludes halogenated alkanes) is 4. The van der Waals surface area contributed by atoms with Gasteiger partial charge in [-0.2, -0.15) is 0 Å². The number of benzene rings is 1. The van der Waals surface area contributed by atoms with E-state index in [-0.39, 0.29) is 5.41 Å². The van der Waals surface area contributed by atoms with Crippen LogP contribution in [0.1, 0.15) is 51.0 Å². The molecule has 0 aliphatic carbocycles. The lowest BCUT2D eigenvalue weighted by Crippen LogP contribution is -2.30. The fraction of sp³-hybridized carbons (Fsp3) is 0.625. The normalized spacial score (nSPS) is 11.8. The van der Waals surface area contributed by atoms with Gasteiger partial charge in [-0.15, -0.1) is 0 Å². The minimum atomic E-state index is 0.164. The molecule has 19 heavy (non-hydrogen) atoms. The molecule has 0 fully saturated rings. The van der Waals surface area contributed by atoms with Crippen LogP contribution in [0.2, 0.25) is 5.02 Å². The molecule has 0 heterocycles. The standard InChI is InChI=1S/C16H23Br2Cl/c1-2-3-4-5-6-10-16(12-17,13-18)14-8-7-9-15(19)11-14/h7-9,11H,2-6,10,12-13H2,1H3. The summed E-state index contributed by atoms with van der Waals surface area (Å²) in [5.41, 5.74) is 1.50. The highest BCUT2D eigenvalue weighted by Crippen LogP contribution is 2.35. The molecular weight excluding hydrogens is 387 g/mol. The van der Waals surface area contributed by atoms with Gasteiger partial charge >= 0.3 is 0 Å². The molecular formula is C16H23Br2Cl. The minimum absolute atomic E-state index is 0.164. The van der Waals surface area contributed by atoms with E-state index >= 15 is 0 Å². The third-order valence-electron chi connectivity index (χ3n) is 3.71. The first-order valence-electron chi connectivity index (χ1n) is 7.06. The predicted octanol–water partition coefficient (Wildman–Crippen LogP) is 6.73. The van der Waals surface area contributed by atoms with Gasteiger partial charge in [0.25, 0.3) is 0 Å². The smallest absolute Gasteiger partial charge is 0.0408 e. The largest absolute Gasteiger partial charge is 0.0918 e. The van der Waals surface area contributed by atoms with Gasteiger partial charge in [-0.05, 0) is 24.1 Å². The molecule has 0 spiro atoms. The van der Waals surface area contributed by atoms with E-state index in [0.717, 1.165) is 15.7 Å². The number of hydrogen-bond donors (Lipinski definition) is 0. The van der Waals surface area contributed by atoms with Gasteiger partial charge in [0, 0.05) is 21.1 Å². The third kappa shape index (κ3) is 5.40. The van der Waals surface area contributed by atoms with Crippen LogP contribution in [0.5, 0.6) is 0 Å². The first-order chi connectivity index (χ1) is 9.18. The van der Waals surface area contributed by atoms with Crippen molar-refractivity contribution in [3.63, 3.8) is 0 Å². The van der Waals surface area contributed by atoms with Crippen LogP contribution < -0.4 is 0 Å². The second-order valence-electron chi connectivity index (χ2n) is 5.22. The highest BCUT2D eigenvalue weighted by atomic mass is 79.9. The first-order valence-corrected chi connectivity index (χ1v) is 9.68. The van der Waals surface area contributed by atoms with Crippen molar-refractivity contribution in [3.05, 3.63) is 34.9 Å². The van der Waals surface area contributed by atoms with Gasteiger partial charge in [-0.25, -0.2) is 0 Å². The Hall–Kier alpha value is 0.470. The van der Waals surface area contributed by atoms with Crippen molar-refractivity contribution >= 4 is 43.5 Å². The van der Waals surface area contributed by atoms with Gasteiger partial charge in [0.2, 0.25) is 0 Å². The summed E-state index contributed by atoms with van der Waals surface area (Å²) in [6, 6.07) is 8.30. The molecule has 0 aliphatic rings. The highest BCUT2D eigenvalue weighted by molar-refractivity contribution is 9.09. The molecule has 0 aliphatic heterocycles. The van der Waals surface area contributed by atoms with E-state index in [1.54, 1.807) is 0 Å². The molecule has 0 saturated heterocycles. The molecule has 3 heteroatoms. The summed E-state index contributed by atoms with van der Waals surface area (Å²) in [5.74, 6) is 0. The Morgan fingerprint density at radius 1 is 1.05 bits per heavy atom. The van der Waals surface area contributed by atoms with Crippen molar-refractivity contribution < 1.29 is 0 Å². The first kappa shape index (κ1) is 17.5. The Kier molecular flexibility index (Phi) is 8.68. The molecule has 1 aromatic carbocycles. The molecule has 0 bridgehead atoms. The second kappa shape index (κ2) is 9.41. The summed E-state index contributed by atoms with van der Waals surface area (Å²) in [7, 11) is 0. The molecule has 0 N–H and O–H groups in total. The lowest BCUT2D eigenvalue weighted by molar-refractivity contribution is 0.463. The zero-order valence-electron chi connectivity index (χ0n) is 11.6. The van der Waals surface area contributed by atoms with Crippen molar-refractivity contribution in [2.24, 2.45) is 0 Å². The van der Waals surface area contributed by atoms with Crippen LogP contribution in [0.25, 0.3) is 0 Å². The maximum absolute atomic E-state index is 6.14. The summed E-state index contributed by atoms with van der Waals surface area (Å²) in [6.45, 7) is 2.26. The molecule has 0 nitrogen and oxygen atoms in total. The number of halogens is 3. The molecule has 0 unspecified atom stereocenters. The number of hydrogen-bond acceptors (Lipinski definition) is 0. The Morgan fingerprint density at radius 2 is 1.74 bits per heavy atom. The molecule has 0 amide bonds. The fourth-order valence-electron chi connectivity index (χ4n) is 2.35. The SMILES string of the molecule is CCCCCCCC(CBr)(CBr)c1cccc(Cl)c1. The van der Waals surface area contributed by atoms with E-state index in [4.69, 9.17) is 11.6 Å². The van der Waals surface area contributed by atoms with Crippen LogP contribution in [0, 0.1) is 0 Å². The average molecular weight is 411 g/mol. The van der Waals surface area contributed by atoms with E-state index in [1.807, 2.05) is 6.07 Å². The zero-order valence-corrected chi connectivity index (χ0v) is 15.5. The summed E-state index contributed by atoms with van der Waals surface area (Å²) in [4.78, 5) is 0. The fourth-order valence-corrected chi connectivity index (χ4v) is 4.68. The molecule has 1 rings (SSSR count).